The molecule has 0 aliphatic carbocycles. The summed E-state index contributed by atoms with van der Waals surface area (Å²) in [5.74, 6) is -1.71. The highest BCUT2D eigenvalue weighted by Gasteiger charge is 2.20. The number of carbonyl (C=O) groups is 2. The van der Waals surface area contributed by atoms with Crippen LogP contribution in [0.1, 0.15) is 23.7 Å². The molecule has 92 valence electrons. The van der Waals surface area contributed by atoms with Crippen LogP contribution >= 0.6 is 0 Å². The van der Waals surface area contributed by atoms with Crippen LogP contribution in [0.2, 0.25) is 0 Å². The lowest BCUT2D eigenvalue weighted by molar-refractivity contribution is -0.145. The summed E-state index contributed by atoms with van der Waals surface area (Å²) in [5, 5.41) is 8.86. The van der Waals surface area contributed by atoms with Gasteiger partial charge in [-0.2, -0.15) is 0 Å². The van der Waals surface area contributed by atoms with Crippen LogP contribution in [-0.4, -0.2) is 23.1 Å². The standard InChI is InChI=1S/C11H14N2O4/c1-2-8(11(15)16)17-9-5-6(12)3-4-7(9)10(13)14/h3-5,8H,2,12H2,1H3,(H2,13,14)(H,15,16). The topological polar surface area (TPSA) is 116 Å². The third-order valence-corrected chi connectivity index (χ3v) is 2.19. The van der Waals surface area contributed by atoms with Crippen LogP contribution in [0.5, 0.6) is 5.75 Å². The molecule has 0 fully saturated rings. The minimum absolute atomic E-state index is 0.0896. The highest BCUT2D eigenvalue weighted by atomic mass is 16.5. The van der Waals surface area contributed by atoms with E-state index in [2.05, 4.69) is 0 Å². The van der Waals surface area contributed by atoms with E-state index in [0.29, 0.717) is 5.69 Å². The van der Waals surface area contributed by atoms with Crippen LogP contribution in [-0.2, 0) is 4.79 Å². The number of nitrogens with two attached hydrogens (primary N) is 2. The minimum Gasteiger partial charge on any atom is -0.479 e. The Morgan fingerprint density at radius 3 is 2.59 bits per heavy atom. The second-order valence-corrected chi connectivity index (χ2v) is 3.47. The first-order valence-corrected chi connectivity index (χ1v) is 5.04. The Kier molecular flexibility index (Phi) is 3.92. The van der Waals surface area contributed by atoms with Crippen molar-refractivity contribution >= 4 is 17.6 Å². The van der Waals surface area contributed by atoms with Gasteiger partial charge in [-0.25, -0.2) is 4.79 Å². The number of hydrogen-bond acceptors (Lipinski definition) is 4. The van der Waals surface area contributed by atoms with E-state index in [0.717, 1.165) is 0 Å². The van der Waals surface area contributed by atoms with E-state index in [1.807, 2.05) is 0 Å². The van der Waals surface area contributed by atoms with E-state index in [1.165, 1.54) is 18.2 Å². The zero-order valence-electron chi connectivity index (χ0n) is 9.34. The average molecular weight is 238 g/mol. The second-order valence-electron chi connectivity index (χ2n) is 3.47. The van der Waals surface area contributed by atoms with E-state index in [4.69, 9.17) is 21.3 Å². The number of hydrogen-bond donors (Lipinski definition) is 3. The Hall–Kier alpha value is -2.24. The first kappa shape index (κ1) is 12.8. The first-order valence-electron chi connectivity index (χ1n) is 5.04. The van der Waals surface area contributed by atoms with Crippen LogP contribution in [0.4, 0.5) is 5.69 Å². The fraction of sp³-hybridized carbons (Fsp3) is 0.273. The lowest BCUT2D eigenvalue weighted by Crippen LogP contribution is -2.27. The van der Waals surface area contributed by atoms with Crippen LogP contribution in [0.3, 0.4) is 0 Å². The first-order chi connectivity index (χ1) is 7.95. The Morgan fingerprint density at radius 1 is 1.47 bits per heavy atom. The Bertz CT molecular complexity index is 445. The number of benzene rings is 1. The quantitative estimate of drug-likeness (QED) is 0.650. The van der Waals surface area contributed by atoms with Gasteiger partial charge in [0.2, 0.25) is 0 Å². The Labute approximate surface area is 98.2 Å². The molecular weight excluding hydrogens is 224 g/mol. The van der Waals surface area contributed by atoms with E-state index in [9.17, 15) is 9.59 Å². The van der Waals surface area contributed by atoms with Crippen molar-refractivity contribution in [2.75, 3.05) is 5.73 Å². The smallest absolute Gasteiger partial charge is 0.344 e. The lowest BCUT2D eigenvalue weighted by Gasteiger charge is -2.15. The summed E-state index contributed by atoms with van der Waals surface area (Å²) in [6.07, 6.45) is -0.766. The molecule has 1 aromatic rings. The van der Waals surface area contributed by atoms with Gasteiger partial charge in [0.15, 0.2) is 6.10 Å². The zero-order valence-corrected chi connectivity index (χ0v) is 9.34. The normalized spacial score (nSPS) is 11.8. The lowest BCUT2D eigenvalue weighted by atomic mass is 10.1. The summed E-state index contributed by atoms with van der Waals surface area (Å²) in [5.41, 5.74) is 11.2. The van der Waals surface area contributed by atoms with E-state index in [1.54, 1.807) is 6.92 Å². The monoisotopic (exact) mass is 238 g/mol. The maximum atomic E-state index is 11.1. The number of aliphatic carboxylic acids is 1. The van der Waals surface area contributed by atoms with Gasteiger partial charge in [-0.15, -0.1) is 0 Å². The predicted molar refractivity (Wildman–Crippen MR) is 61.7 cm³/mol. The summed E-state index contributed by atoms with van der Waals surface area (Å²) < 4.78 is 5.22. The van der Waals surface area contributed by atoms with Crippen molar-refractivity contribution in [1.29, 1.82) is 0 Å². The van der Waals surface area contributed by atoms with Crippen molar-refractivity contribution in [2.24, 2.45) is 5.73 Å². The third-order valence-electron chi connectivity index (χ3n) is 2.19. The molecule has 0 aromatic heterocycles. The molecule has 0 aliphatic heterocycles. The van der Waals surface area contributed by atoms with Gasteiger partial charge in [-0.05, 0) is 18.6 Å². The van der Waals surface area contributed by atoms with Gasteiger partial charge in [0, 0.05) is 11.8 Å². The molecule has 1 aromatic carbocycles. The highest BCUT2D eigenvalue weighted by Crippen LogP contribution is 2.23. The Balaban J connectivity index is 3.07. The number of nitrogen functional groups attached to an aromatic ring is 1. The van der Waals surface area contributed by atoms with Crippen molar-refractivity contribution in [2.45, 2.75) is 19.4 Å². The van der Waals surface area contributed by atoms with Gasteiger partial charge in [0.05, 0.1) is 5.56 Å². The Morgan fingerprint density at radius 2 is 2.12 bits per heavy atom. The summed E-state index contributed by atoms with van der Waals surface area (Å²) in [6.45, 7) is 1.66. The fourth-order valence-corrected chi connectivity index (χ4v) is 1.30. The summed E-state index contributed by atoms with van der Waals surface area (Å²) in [7, 11) is 0. The molecule has 5 N–H and O–H groups in total. The molecule has 6 heteroatoms. The molecule has 1 atom stereocenters. The highest BCUT2D eigenvalue weighted by molar-refractivity contribution is 5.96. The van der Waals surface area contributed by atoms with Gasteiger partial charge in [0.25, 0.3) is 5.91 Å². The van der Waals surface area contributed by atoms with Gasteiger partial charge < -0.3 is 21.3 Å². The van der Waals surface area contributed by atoms with Crippen molar-refractivity contribution in [3.63, 3.8) is 0 Å². The van der Waals surface area contributed by atoms with Crippen LogP contribution in [0.25, 0.3) is 0 Å². The van der Waals surface area contributed by atoms with Gasteiger partial charge in [-0.3, -0.25) is 4.79 Å². The van der Waals surface area contributed by atoms with Crippen LogP contribution in [0, 0.1) is 0 Å². The van der Waals surface area contributed by atoms with Gasteiger partial charge in [0.1, 0.15) is 5.75 Å². The molecule has 17 heavy (non-hydrogen) atoms. The van der Waals surface area contributed by atoms with E-state index in [-0.39, 0.29) is 17.7 Å². The van der Waals surface area contributed by atoms with Gasteiger partial charge in [-0.1, -0.05) is 6.92 Å². The molecule has 1 amide bonds. The maximum absolute atomic E-state index is 11.1. The van der Waals surface area contributed by atoms with Crippen molar-refractivity contribution in [3.8, 4) is 5.75 Å². The summed E-state index contributed by atoms with van der Waals surface area (Å²) in [4.78, 5) is 22.0. The van der Waals surface area contributed by atoms with Crippen molar-refractivity contribution < 1.29 is 19.4 Å². The molecular formula is C11H14N2O4. The predicted octanol–water partition coefficient (Wildman–Crippen LogP) is 0.610. The number of carbonyl (C=O) groups excluding carboxylic acids is 1. The van der Waals surface area contributed by atoms with Crippen LogP contribution < -0.4 is 16.2 Å². The SMILES string of the molecule is CCC(Oc1cc(N)ccc1C(N)=O)C(=O)O. The molecule has 6 nitrogen and oxygen atoms in total. The molecule has 0 saturated heterocycles. The molecule has 1 unspecified atom stereocenters. The van der Waals surface area contributed by atoms with E-state index >= 15 is 0 Å². The molecule has 0 aliphatic rings. The molecule has 0 radical (unpaired) electrons. The number of anilines is 1. The van der Waals surface area contributed by atoms with Crippen molar-refractivity contribution in [1.82, 2.24) is 0 Å². The zero-order chi connectivity index (χ0) is 13.0. The number of amides is 1. The van der Waals surface area contributed by atoms with Gasteiger partial charge >= 0.3 is 5.97 Å². The number of carboxylic acids is 1. The maximum Gasteiger partial charge on any atom is 0.344 e. The average Bonchev–Trinajstić information content (AvgIpc) is 2.25. The largest absolute Gasteiger partial charge is 0.479 e. The number of ether oxygens (including phenoxy) is 1. The van der Waals surface area contributed by atoms with E-state index < -0.39 is 18.0 Å². The number of rotatable bonds is 5. The molecule has 0 bridgehead atoms. The fourth-order valence-electron chi connectivity index (χ4n) is 1.30. The number of carboxylic acid groups (broad SMARTS) is 1. The number of primary amides is 1. The third kappa shape index (κ3) is 3.10. The van der Waals surface area contributed by atoms with Crippen LogP contribution in [0.15, 0.2) is 18.2 Å². The minimum atomic E-state index is -1.11. The molecule has 0 saturated carbocycles. The summed E-state index contributed by atoms with van der Waals surface area (Å²) in [6, 6.07) is 4.28. The molecule has 0 heterocycles. The second kappa shape index (κ2) is 5.20. The molecule has 1 rings (SSSR count). The molecule has 0 spiro atoms. The summed E-state index contributed by atoms with van der Waals surface area (Å²) >= 11 is 0. The van der Waals surface area contributed by atoms with Crippen molar-refractivity contribution in [3.05, 3.63) is 23.8 Å².